The third-order valence-electron chi connectivity index (χ3n) is 4.77. The summed E-state index contributed by atoms with van der Waals surface area (Å²) in [5.41, 5.74) is 1.89. The normalized spacial score (nSPS) is 16.2. The maximum atomic E-state index is 12.3. The average molecular weight is 355 g/mol. The van der Waals surface area contributed by atoms with Crippen molar-refractivity contribution in [1.29, 1.82) is 0 Å². The van der Waals surface area contributed by atoms with Gasteiger partial charge in [0.05, 0.1) is 6.26 Å². The van der Waals surface area contributed by atoms with Gasteiger partial charge in [-0.3, -0.25) is 9.59 Å². The highest BCUT2D eigenvalue weighted by atomic mass is 16.3. The van der Waals surface area contributed by atoms with Crippen LogP contribution in [-0.2, 0) is 4.79 Å². The molecule has 0 saturated carbocycles. The summed E-state index contributed by atoms with van der Waals surface area (Å²) in [4.78, 5) is 26.6. The molecule has 0 aliphatic carbocycles. The number of anilines is 2. The molecule has 0 radical (unpaired) electrons. The predicted molar refractivity (Wildman–Crippen MR) is 101 cm³/mol. The van der Waals surface area contributed by atoms with E-state index in [0.29, 0.717) is 5.69 Å². The molecule has 26 heavy (non-hydrogen) atoms. The van der Waals surface area contributed by atoms with Gasteiger partial charge in [-0.15, -0.1) is 0 Å². The smallest absolute Gasteiger partial charge is 0.287 e. The van der Waals surface area contributed by atoms with Crippen LogP contribution in [0.3, 0.4) is 0 Å². The van der Waals surface area contributed by atoms with Gasteiger partial charge in [-0.2, -0.15) is 0 Å². The van der Waals surface area contributed by atoms with E-state index in [1.807, 2.05) is 24.3 Å². The summed E-state index contributed by atoms with van der Waals surface area (Å²) in [7, 11) is 0. The number of carbonyl (C=O) groups excluding carboxylic acids is 2. The fourth-order valence-corrected chi connectivity index (χ4v) is 3.01. The van der Waals surface area contributed by atoms with Gasteiger partial charge in [-0.05, 0) is 62.1 Å². The first kappa shape index (κ1) is 18.0. The second kappa shape index (κ2) is 8.08. The molecule has 2 heterocycles. The van der Waals surface area contributed by atoms with Crippen molar-refractivity contribution in [3.63, 3.8) is 0 Å². The van der Waals surface area contributed by atoms with Crippen LogP contribution in [0.15, 0.2) is 47.1 Å². The SMILES string of the molecule is CC1CCN(c2ccc(NC(=O)[C@H](C)NC(=O)c3ccco3)cc2)CC1. The van der Waals surface area contributed by atoms with Crippen LogP contribution in [-0.4, -0.2) is 30.9 Å². The number of carbonyl (C=O) groups is 2. The van der Waals surface area contributed by atoms with Gasteiger partial charge in [0.2, 0.25) is 5.91 Å². The van der Waals surface area contributed by atoms with Crippen LogP contribution >= 0.6 is 0 Å². The highest BCUT2D eigenvalue weighted by Gasteiger charge is 2.19. The quantitative estimate of drug-likeness (QED) is 0.863. The lowest BCUT2D eigenvalue weighted by atomic mass is 9.99. The first-order valence-corrected chi connectivity index (χ1v) is 9.03. The number of hydrogen-bond acceptors (Lipinski definition) is 4. The molecule has 1 fully saturated rings. The number of nitrogens with zero attached hydrogens (tertiary/aromatic N) is 1. The molecule has 3 rings (SSSR count). The minimum Gasteiger partial charge on any atom is -0.459 e. The lowest BCUT2D eigenvalue weighted by Gasteiger charge is -2.32. The summed E-state index contributed by atoms with van der Waals surface area (Å²) in [6.07, 6.45) is 3.85. The van der Waals surface area contributed by atoms with Crippen molar-refractivity contribution in [1.82, 2.24) is 5.32 Å². The van der Waals surface area contributed by atoms with Crippen LogP contribution in [0.5, 0.6) is 0 Å². The molecule has 1 aliphatic rings. The van der Waals surface area contributed by atoms with Crippen LogP contribution in [0, 0.1) is 5.92 Å². The Balaban J connectivity index is 1.53. The number of piperidine rings is 1. The monoisotopic (exact) mass is 355 g/mol. The van der Waals surface area contributed by atoms with Crippen LogP contribution in [0.25, 0.3) is 0 Å². The van der Waals surface area contributed by atoms with E-state index in [1.165, 1.54) is 24.8 Å². The van der Waals surface area contributed by atoms with E-state index < -0.39 is 11.9 Å². The van der Waals surface area contributed by atoms with Gasteiger partial charge < -0.3 is 20.0 Å². The van der Waals surface area contributed by atoms with Gasteiger partial charge in [0.15, 0.2) is 5.76 Å². The number of furan rings is 1. The molecule has 0 unspecified atom stereocenters. The highest BCUT2D eigenvalue weighted by Crippen LogP contribution is 2.24. The molecule has 2 amide bonds. The molecule has 1 aromatic carbocycles. The van der Waals surface area contributed by atoms with Gasteiger partial charge in [-0.25, -0.2) is 0 Å². The Morgan fingerprint density at radius 1 is 1.15 bits per heavy atom. The number of amides is 2. The maximum absolute atomic E-state index is 12.3. The van der Waals surface area contributed by atoms with E-state index in [4.69, 9.17) is 4.42 Å². The van der Waals surface area contributed by atoms with Gasteiger partial charge in [0.1, 0.15) is 6.04 Å². The average Bonchev–Trinajstić information content (AvgIpc) is 3.18. The Kier molecular flexibility index (Phi) is 5.61. The number of benzene rings is 1. The second-order valence-corrected chi connectivity index (χ2v) is 6.88. The summed E-state index contributed by atoms with van der Waals surface area (Å²) in [6.45, 7) is 6.08. The first-order valence-electron chi connectivity index (χ1n) is 9.03. The molecule has 6 heteroatoms. The molecule has 138 valence electrons. The molecule has 1 aliphatic heterocycles. The second-order valence-electron chi connectivity index (χ2n) is 6.88. The first-order chi connectivity index (χ1) is 12.5. The molecule has 1 atom stereocenters. The predicted octanol–water partition coefficient (Wildman–Crippen LogP) is 3.27. The van der Waals surface area contributed by atoms with Crippen molar-refractivity contribution in [2.45, 2.75) is 32.7 Å². The fourth-order valence-electron chi connectivity index (χ4n) is 3.01. The molecule has 0 bridgehead atoms. The minimum absolute atomic E-state index is 0.185. The third kappa shape index (κ3) is 4.45. The van der Waals surface area contributed by atoms with E-state index in [9.17, 15) is 9.59 Å². The summed E-state index contributed by atoms with van der Waals surface area (Å²) in [6, 6.07) is 10.4. The van der Waals surface area contributed by atoms with E-state index in [-0.39, 0.29) is 11.7 Å². The number of nitrogens with one attached hydrogen (secondary N) is 2. The molecule has 2 N–H and O–H groups in total. The Morgan fingerprint density at radius 3 is 2.46 bits per heavy atom. The van der Waals surface area contributed by atoms with Crippen molar-refractivity contribution >= 4 is 23.2 Å². The fraction of sp³-hybridized carbons (Fsp3) is 0.400. The van der Waals surface area contributed by atoms with Crippen molar-refractivity contribution in [3.8, 4) is 0 Å². The Bertz CT molecular complexity index is 732. The minimum atomic E-state index is -0.671. The molecule has 6 nitrogen and oxygen atoms in total. The zero-order chi connectivity index (χ0) is 18.5. The zero-order valence-corrected chi connectivity index (χ0v) is 15.2. The summed E-state index contributed by atoms with van der Waals surface area (Å²) in [5.74, 6) is 0.296. The molecule has 2 aromatic rings. The zero-order valence-electron chi connectivity index (χ0n) is 15.2. The van der Waals surface area contributed by atoms with Gasteiger partial charge >= 0.3 is 0 Å². The third-order valence-corrected chi connectivity index (χ3v) is 4.77. The Labute approximate surface area is 153 Å². The Morgan fingerprint density at radius 2 is 1.85 bits per heavy atom. The van der Waals surface area contributed by atoms with Crippen LogP contribution < -0.4 is 15.5 Å². The summed E-state index contributed by atoms with van der Waals surface area (Å²) >= 11 is 0. The largest absolute Gasteiger partial charge is 0.459 e. The van der Waals surface area contributed by atoms with Crippen molar-refractivity contribution in [3.05, 3.63) is 48.4 Å². The van der Waals surface area contributed by atoms with Crippen LogP contribution in [0.2, 0.25) is 0 Å². The van der Waals surface area contributed by atoms with Crippen LogP contribution in [0.1, 0.15) is 37.2 Å². The van der Waals surface area contributed by atoms with Gasteiger partial charge in [0, 0.05) is 24.5 Å². The van der Waals surface area contributed by atoms with Crippen molar-refractivity contribution in [2.24, 2.45) is 5.92 Å². The molecule has 0 spiro atoms. The van der Waals surface area contributed by atoms with E-state index >= 15 is 0 Å². The van der Waals surface area contributed by atoms with Crippen molar-refractivity contribution in [2.75, 3.05) is 23.3 Å². The molecule has 1 saturated heterocycles. The summed E-state index contributed by atoms with van der Waals surface area (Å²) in [5, 5.41) is 5.44. The Hall–Kier alpha value is -2.76. The number of hydrogen-bond donors (Lipinski definition) is 2. The standard InChI is InChI=1S/C20H25N3O3/c1-14-9-11-23(12-10-14)17-7-5-16(6-8-17)22-19(24)15(2)21-20(25)18-4-3-13-26-18/h3-8,13-15H,9-12H2,1-2H3,(H,21,25)(H,22,24)/t15-/m0/s1. The molecule has 1 aromatic heterocycles. The van der Waals surface area contributed by atoms with Crippen LogP contribution in [0.4, 0.5) is 11.4 Å². The van der Waals surface area contributed by atoms with E-state index in [2.05, 4.69) is 22.5 Å². The van der Waals surface area contributed by atoms with E-state index in [1.54, 1.807) is 19.1 Å². The molecular weight excluding hydrogens is 330 g/mol. The van der Waals surface area contributed by atoms with E-state index in [0.717, 1.165) is 19.0 Å². The maximum Gasteiger partial charge on any atom is 0.287 e. The van der Waals surface area contributed by atoms with Gasteiger partial charge in [-0.1, -0.05) is 6.92 Å². The summed E-state index contributed by atoms with van der Waals surface area (Å²) < 4.78 is 5.02. The lowest BCUT2D eigenvalue weighted by Crippen LogP contribution is -2.41. The molecular formula is C20H25N3O3. The van der Waals surface area contributed by atoms with Crippen molar-refractivity contribution < 1.29 is 14.0 Å². The topological polar surface area (TPSA) is 74.6 Å². The lowest BCUT2D eigenvalue weighted by molar-refractivity contribution is -0.117. The van der Waals surface area contributed by atoms with Gasteiger partial charge in [0.25, 0.3) is 5.91 Å². The highest BCUT2D eigenvalue weighted by molar-refractivity contribution is 5.99. The number of rotatable bonds is 5.